The van der Waals surface area contributed by atoms with E-state index < -0.39 is 5.54 Å². The Labute approximate surface area is 125 Å². The summed E-state index contributed by atoms with van der Waals surface area (Å²) in [5, 5.41) is 15.4. The third kappa shape index (κ3) is 2.61. The number of amidine groups is 1. The molecule has 2 unspecified atom stereocenters. The highest BCUT2D eigenvalue weighted by Gasteiger charge is 2.56. The molecule has 0 spiro atoms. The van der Waals surface area contributed by atoms with Gasteiger partial charge in [0.2, 0.25) is 5.91 Å². The molecular formula is C15H26N4O2. The predicted octanol–water partition coefficient (Wildman–Crippen LogP) is 0.750. The number of amides is 1. The summed E-state index contributed by atoms with van der Waals surface area (Å²) >= 11 is 0. The lowest BCUT2D eigenvalue weighted by atomic mass is 9.86. The first-order chi connectivity index (χ1) is 10.1. The van der Waals surface area contributed by atoms with E-state index in [4.69, 9.17) is 10.9 Å². The molecule has 1 aliphatic heterocycles. The quantitative estimate of drug-likeness (QED) is 0.310. The first-order valence-electron chi connectivity index (χ1n) is 8.06. The lowest BCUT2D eigenvalue weighted by Crippen LogP contribution is -2.62. The Kier molecular flexibility index (Phi) is 3.82. The van der Waals surface area contributed by atoms with Gasteiger partial charge in [0.05, 0.1) is 0 Å². The highest BCUT2D eigenvalue weighted by molar-refractivity contribution is 5.95. The smallest absolute Gasteiger partial charge is 0.224 e. The van der Waals surface area contributed by atoms with Crippen molar-refractivity contribution in [3.05, 3.63) is 0 Å². The normalized spacial score (nSPS) is 35.9. The molecule has 6 heteroatoms. The molecule has 0 bridgehead atoms. The van der Waals surface area contributed by atoms with Crippen molar-refractivity contribution in [3.8, 4) is 0 Å². The van der Waals surface area contributed by atoms with E-state index >= 15 is 0 Å². The van der Waals surface area contributed by atoms with Gasteiger partial charge in [0.25, 0.3) is 0 Å². The SMILES string of the molecule is CN1CCC(NC(=O)C2C3CCCCC32)(C(N)=NO)CC1. The Morgan fingerprint density at radius 1 is 1.29 bits per heavy atom. The van der Waals surface area contributed by atoms with E-state index in [0.717, 1.165) is 13.1 Å². The summed E-state index contributed by atoms with van der Waals surface area (Å²) in [6, 6.07) is 0. The van der Waals surface area contributed by atoms with Gasteiger partial charge in [-0.05, 0) is 44.6 Å². The zero-order valence-electron chi connectivity index (χ0n) is 12.7. The van der Waals surface area contributed by atoms with Gasteiger partial charge < -0.3 is 21.2 Å². The van der Waals surface area contributed by atoms with Crippen LogP contribution in [0.2, 0.25) is 0 Å². The molecule has 0 radical (unpaired) electrons. The summed E-state index contributed by atoms with van der Waals surface area (Å²) in [7, 11) is 2.05. The fourth-order valence-electron chi connectivity index (χ4n) is 4.24. The van der Waals surface area contributed by atoms with E-state index in [1.807, 2.05) is 7.05 Å². The number of nitrogens with zero attached hydrogens (tertiary/aromatic N) is 2. The molecule has 1 heterocycles. The summed E-state index contributed by atoms with van der Waals surface area (Å²) in [5.74, 6) is 1.58. The summed E-state index contributed by atoms with van der Waals surface area (Å²) in [4.78, 5) is 14.8. The van der Waals surface area contributed by atoms with Crippen molar-refractivity contribution in [2.75, 3.05) is 20.1 Å². The Hall–Kier alpha value is -1.30. The number of nitrogens with two attached hydrogens (primary N) is 1. The summed E-state index contributed by atoms with van der Waals surface area (Å²) in [5.41, 5.74) is 5.25. The van der Waals surface area contributed by atoms with Gasteiger partial charge in [0, 0.05) is 19.0 Å². The molecule has 4 N–H and O–H groups in total. The van der Waals surface area contributed by atoms with Crippen molar-refractivity contribution in [3.63, 3.8) is 0 Å². The van der Waals surface area contributed by atoms with Crippen LogP contribution in [0, 0.1) is 17.8 Å². The maximum Gasteiger partial charge on any atom is 0.224 e. The summed E-state index contributed by atoms with van der Waals surface area (Å²) < 4.78 is 0. The standard InChI is InChI=1S/C15H26N4O2/c1-19-8-6-15(7-9-19,14(16)18-21)17-13(20)12-10-4-2-3-5-11(10)12/h10-12,21H,2-9H2,1H3,(H2,16,18)(H,17,20). The average molecular weight is 294 g/mol. The minimum absolute atomic E-state index is 0.114. The van der Waals surface area contributed by atoms with Gasteiger partial charge in [-0.15, -0.1) is 0 Å². The van der Waals surface area contributed by atoms with Crippen LogP contribution in [0.15, 0.2) is 5.16 Å². The number of carbonyl (C=O) groups is 1. The van der Waals surface area contributed by atoms with E-state index in [2.05, 4.69) is 15.4 Å². The van der Waals surface area contributed by atoms with Crippen LogP contribution in [0.3, 0.4) is 0 Å². The van der Waals surface area contributed by atoms with Crippen LogP contribution in [-0.4, -0.2) is 47.5 Å². The van der Waals surface area contributed by atoms with E-state index in [1.54, 1.807) is 0 Å². The van der Waals surface area contributed by atoms with E-state index in [0.29, 0.717) is 24.7 Å². The molecule has 6 nitrogen and oxygen atoms in total. The van der Waals surface area contributed by atoms with Crippen molar-refractivity contribution >= 4 is 11.7 Å². The van der Waals surface area contributed by atoms with Crippen LogP contribution in [0.5, 0.6) is 0 Å². The Morgan fingerprint density at radius 3 is 2.38 bits per heavy atom. The fraction of sp³-hybridized carbons (Fsp3) is 0.867. The first-order valence-corrected chi connectivity index (χ1v) is 8.06. The topological polar surface area (TPSA) is 91.0 Å². The van der Waals surface area contributed by atoms with Crippen LogP contribution in [0.1, 0.15) is 38.5 Å². The average Bonchev–Trinajstić information content (AvgIpc) is 3.23. The maximum atomic E-state index is 12.6. The number of rotatable bonds is 3. The largest absolute Gasteiger partial charge is 0.409 e. The summed E-state index contributed by atoms with van der Waals surface area (Å²) in [6.07, 6.45) is 6.27. The second-order valence-corrected chi connectivity index (χ2v) is 7.00. The van der Waals surface area contributed by atoms with Gasteiger partial charge in [0.15, 0.2) is 5.84 Å². The molecule has 2 aliphatic carbocycles. The van der Waals surface area contributed by atoms with Crippen LogP contribution in [0.4, 0.5) is 0 Å². The van der Waals surface area contributed by atoms with Crippen molar-refractivity contribution in [1.29, 1.82) is 0 Å². The molecule has 2 saturated carbocycles. The minimum Gasteiger partial charge on any atom is -0.409 e. The molecule has 2 atom stereocenters. The molecule has 3 rings (SSSR count). The third-order valence-electron chi connectivity index (χ3n) is 5.76. The summed E-state index contributed by atoms with van der Waals surface area (Å²) in [6.45, 7) is 1.68. The molecule has 21 heavy (non-hydrogen) atoms. The second kappa shape index (κ2) is 5.48. The highest BCUT2D eigenvalue weighted by atomic mass is 16.4. The highest BCUT2D eigenvalue weighted by Crippen LogP contribution is 2.55. The van der Waals surface area contributed by atoms with Gasteiger partial charge >= 0.3 is 0 Å². The van der Waals surface area contributed by atoms with Gasteiger partial charge in [-0.3, -0.25) is 4.79 Å². The number of carbonyl (C=O) groups excluding carboxylic acids is 1. The van der Waals surface area contributed by atoms with Gasteiger partial charge in [0.1, 0.15) is 5.54 Å². The molecular weight excluding hydrogens is 268 g/mol. The number of hydrogen-bond donors (Lipinski definition) is 3. The van der Waals surface area contributed by atoms with Crippen LogP contribution in [0.25, 0.3) is 0 Å². The minimum atomic E-state index is -0.663. The van der Waals surface area contributed by atoms with Crippen molar-refractivity contribution in [2.24, 2.45) is 28.6 Å². The number of piperidine rings is 1. The lowest BCUT2D eigenvalue weighted by Gasteiger charge is -2.40. The zero-order chi connectivity index (χ0) is 15.0. The molecule has 3 fully saturated rings. The fourth-order valence-corrected chi connectivity index (χ4v) is 4.24. The van der Waals surface area contributed by atoms with Gasteiger partial charge in [-0.2, -0.15) is 0 Å². The molecule has 1 amide bonds. The van der Waals surface area contributed by atoms with E-state index in [9.17, 15) is 4.79 Å². The first kappa shape index (κ1) is 14.6. The molecule has 118 valence electrons. The van der Waals surface area contributed by atoms with Crippen LogP contribution in [-0.2, 0) is 4.79 Å². The molecule has 0 aromatic heterocycles. The van der Waals surface area contributed by atoms with Crippen LogP contribution < -0.4 is 11.1 Å². The van der Waals surface area contributed by atoms with Gasteiger partial charge in [-0.1, -0.05) is 18.0 Å². The lowest BCUT2D eigenvalue weighted by molar-refractivity contribution is -0.124. The van der Waals surface area contributed by atoms with Crippen molar-refractivity contribution in [2.45, 2.75) is 44.1 Å². The Morgan fingerprint density at radius 2 is 1.86 bits per heavy atom. The molecule has 0 aromatic carbocycles. The number of hydrogen-bond acceptors (Lipinski definition) is 4. The van der Waals surface area contributed by atoms with E-state index in [-0.39, 0.29) is 17.7 Å². The zero-order valence-corrected chi connectivity index (χ0v) is 12.7. The number of fused-ring (bicyclic) bond motifs is 1. The van der Waals surface area contributed by atoms with E-state index in [1.165, 1.54) is 25.7 Å². The molecule has 3 aliphatic rings. The maximum absolute atomic E-state index is 12.6. The second-order valence-electron chi connectivity index (χ2n) is 7.00. The number of nitrogens with one attached hydrogen (secondary N) is 1. The van der Waals surface area contributed by atoms with Gasteiger partial charge in [-0.25, -0.2) is 0 Å². The Balaban J connectivity index is 1.69. The predicted molar refractivity (Wildman–Crippen MR) is 80.0 cm³/mol. The molecule has 1 saturated heterocycles. The number of oxime groups is 1. The monoisotopic (exact) mass is 294 g/mol. The Bertz CT molecular complexity index is 431. The third-order valence-corrected chi connectivity index (χ3v) is 5.76. The van der Waals surface area contributed by atoms with Crippen molar-refractivity contribution < 1.29 is 10.0 Å². The number of likely N-dealkylation sites (tertiary alicyclic amines) is 1. The molecule has 0 aromatic rings. The van der Waals surface area contributed by atoms with Crippen molar-refractivity contribution in [1.82, 2.24) is 10.2 Å². The van der Waals surface area contributed by atoms with Crippen LogP contribution >= 0.6 is 0 Å².